The molecule has 2 unspecified atom stereocenters. The summed E-state index contributed by atoms with van der Waals surface area (Å²) in [6.07, 6.45) is 1.42. The van der Waals surface area contributed by atoms with Gasteiger partial charge in [-0.25, -0.2) is 0 Å². The quantitative estimate of drug-likeness (QED) is 0.841. The van der Waals surface area contributed by atoms with E-state index in [0.717, 1.165) is 22.4 Å². The molecule has 0 radical (unpaired) electrons. The van der Waals surface area contributed by atoms with E-state index in [9.17, 15) is 9.59 Å². The van der Waals surface area contributed by atoms with Crippen molar-refractivity contribution in [2.75, 3.05) is 0 Å². The summed E-state index contributed by atoms with van der Waals surface area (Å²) in [7, 11) is 0. The summed E-state index contributed by atoms with van der Waals surface area (Å²) < 4.78 is 0. The Morgan fingerprint density at radius 1 is 0.962 bits per heavy atom. The highest BCUT2D eigenvalue weighted by atomic mass is 35.5. The molecule has 1 aliphatic heterocycles. The Morgan fingerprint density at radius 3 is 2.42 bits per heavy atom. The number of benzene rings is 2. The molecule has 0 fully saturated rings. The van der Waals surface area contributed by atoms with Crippen LogP contribution in [0.5, 0.6) is 0 Å². The molecule has 1 aliphatic carbocycles. The van der Waals surface area contributed by atoms with E-state index >= 15 is 0 Å². The molecule has 2 atom stereocenters. The second-order valence-corrected chi connectivity index (χ2v) is 7.56. The number of allylic oxidation sites excluding steroid dienone is 2. The number of hydrogen-bond acceptors (Lipinski definition) is 2. The molecule has 0 saturated carbocycles. The first-order chi connectivity index (χ1) is 12.5. The zero-order valence-corrected chi connectivity index (χ0v) is 15.3. The highest BCUT2D eigenvalue weighted by Crippen LogP contribution is 2.43. The van der Waals surface area contributed by atoms with Crippen molar-refractivity contribution in [3.63, 3.8) is 0 Å². The van der Waals surface area contributed by atoms with E-state index in [1.807, 2.05) is 31.2 Å². The van der Waals surface area contributed by atoms with Crippen molar-refractivity contribution in [3.8, 4) is 0 Å². The lowest BCUT2D eigenvalue weighted by atomic mass is 9.73. The van der Waals surface area contributed by atoms with Gasteiger partial charge in [-0.1, -0.05) is 59.6 Å². The fourth-order valence-corrected chi connectivity index (χ4v) is 4.33. The first-order valence-electron chi connectivity index (χ1n) is 8.90. The number of aryl methyl sites for hydroxylation is 1. The number of carbonyl (C=O) groups excluding carboxylic acids is 2. The fourth-order valence-electron chi connectivity index (χ4n) is 4.06. The van der Waals surface area contributed by atoms with Gasteiger partial charge in [-0.15, -0.1) is 0 Å². The Balaban J connectivity index is 1.73. The molecular weight excluding hydrogens is 346 g/mol. The molecule has 1 N–H and O–H groups in total. The van der Waals surface area contributed by atoms with E-state index in [0.29, 0.717) is 17.9 Å². The Bertz CT molecular complexity index is 914. The third-order valence-corrected chi connectivity index (χ3v) is 5.71. The van der Waals surface area contributed by atoms with E-state index in [1.165, 1.54) is 5.56 Å². The third kappa shape index (κ3) is 3.08. The van der Waals surface area contributed by atoms with Crippen molar-refractivity contribution in [1.82, 2.24) is 5.32 Å². The molecule has 132 valence electrons. The Labute approximate surface area is 158 Å². The normalized spacial score (nSPS) is 22.8. The van der Waals surface area contributed by atoms with Crippen molar-refractivity contribution < 1.29 is 9.59 Å². The number of amides is 1. The summed E-state index contributed by atoms with van der Waals surface area (Å²) in [6.45, 7) is 2.05. The van der Waals surface area contributed by atoms with E-state index in [1.54, 1.807) is 0 Å². The van der Waals surface area contributed by atoms with E-state index in [4.69, 9.17) is 11.6 Å². The van der Waals surface area contributed by atoms with Crippen LogP contribution in [0.4, 0.5) is 0 Å². The maximum Gasteiger partial charge on any atom is 0.225 e. The molecule has 1 amide bonds. The number of ketones is 1. The second-order valence-electron chi connectivity index (χ2n) is 7.16. The predicted octanol–water partition coefficient (Wildman–Crippen LogP) is 4.65. The number of Topliss-reactive ketones (excluding diaryl/α,β-unsaturated/α-hetero) is 1. The van der Waals surface area contributed by atoms with E-state index in [-0.39, 0.29) is 29.9 Å². The van der Waals surface area contributed by atoms with Crippen LogP contribution < -0.4 is 5.32 Å². The Hall–Kier alpha value is -2.39. The van der Waals surface area contributed by atoms with Gasteiger partial charge in [-0.3, -0.25) is 9.59 Å². The van der Waals surface area contributed by atoms with Crippen molar-refractivity contribution in [2.24, 2.45) is 0 Å². The van der Waals surface area contributed by atoms with Crippen molar-refractivity contribution in [2.45, 2.75) is 38.0 Å². The van der Waals surface area contributed by atoms with Crippen LogP contribution in [-0.2, 0) is 9.59 Å². The number of nitrogens with one attached hydrogen (secondary N) is 1. The molecular formula is C22H20ClNO2. The summed E-state index contributed by atoms with van der Waals surface area (Å²) in [5, 5.41) is 3.56. The molecule has 2 aromatic carbocycles. The van der Waals surface area contributed by atoms with Gasteiger partial charge < -0.3 is 5.32 Å². The fraction of sp³-hybridized carbons (Fsp3) is 0.273. The molecule has 4 rings (SSSR count). The van der Waals surface area contributed by atoms with E-state index < -0.39 is 0 Å². The minimum Gasteiger partial charge on any atom is -0.329 e. The summed E-state index contributed by atoms with van der Waals surface area (Å²) in [4.78, 5) is 25.3. The number of halogens is 1. The van der Waals surface area contributed by atoms with Gasteiger partial charge in [0.2, 0.25) is 5.91 Å². The van der Waals surface area contributed by atoms with Crippen LogP contribution in [0.1, 0.15) is 47.8 Å². The van der Waals surface area contributed by atoms with Gasteiger partial charge in [0.25, 0.3) is 0 Å². The molecule has 0 saturated heterocycles. The lowest BCUT2D eigenvalue weighted by Gasteiger charge is -2.34. The lowest BCUT2D eigenvalue weighted by Crippen LogP contribution is -2.38. The van der Waals surface area contributed by atoms with Gasteiger partial charge in [0.15, 0.2) is 5.78 Å². The van der Waals surface area contributed by atoms with Crippen LogP contribution in [0, 0.1) is 6.92 Å². The zero-order chi connectivity index (χ0) is 18.3. The van der Waals surface area contributed by atoms with Crippen molar-refractivity contribution in [3.05, 3.63) is 81.5 Å². The summed E-state index contributed by atoms with van der Waals surface area (Å²) in [5.41, 5.74) is 4.71. The largest absolute Gasteiger partial charge is 0.329 e. The SMILES string of the molecule is Cc1ccc(C2CC(=O)C3=C(C2)NC(=O)CC3c2ccccc2Cl)cc1. The third-order valence-electron chi connectivity index (χ3n) is 5.37. The average Bonchev–Trinajstić information content (AvgIpc) is 2.61. The standard InChI is InChI=1S/C22H20ClNO2/c1-13-6-8-14(9-7-13)15-10-19-22(20(25)11-15)17(12-21(26)24-19)16-4-2-3-5-18(16)23/h2-9,15,17H,10-12H2,1H3,(H,24,26). The van der Waals surface area contributed by atoms with Crippen LogP contribution in [0.3, 0.4) is 0 Å². The van der Waals surface area contributed by atoms with Gasteiger partial charge in [-0.05, 0) is 36.5 Å². The van der Waals surface area contributed by atoms with Gasteiger partial charge in [-0.2, -0.15) is 0 Å². The summed E-state index contributed by atoms with van der Waals surface area (Å²) >= 11 is 6.36. The van der Waals surface area contributed by atoms with Gasteiger partial charge in [0.05, 0.1) is 0 Å². The summed E-state index contributed by atoms with van der Waals surface area (Å²) in [5.74, 6) is -0.0844. The van der Waals surface area contributed by atoms with Crippen LogP contribution >= 0.6 is 11.6 Å². The lowest BCUT2D eigenvalue weighted by molar-refractivity contribution is -0.122. The highest BCUT2D eigenvalue weighted by molar-refractivity contribution is 6.31. The van der Waals surface area contributed by atoms with Crippen molar-refractivity contribution in [1.29, 1.82) is 0 Å². The van der Waals surface area contributed by atoms with Gasteiger partial charge in [0, 0.05) is 35.1 Å². The Morgan fingerprint density at radius 2 is 1.69 bits per heavy atom. The molecule has 2 aliphatic rings. The number of hydrogen-bond donors (Lipinski definition) is 1. The van der Waals surface area contributed by atoms with Crippen LogP contribution in [0.25, 0.3) is 0 Å². The smallest absolute Gasteiger partial charge is 0.225 e. The molecule has 0 aromatic heterocycles. The first kappa shape index (κ1) is 17.0. The maximum absolute atomic E-state index is 13.0. The van der Waals surface area contributed by atoms with Gasteiger partial charge >= 0.3 is 0 Å². The average molecular weight is 366 g/mol. The van der Waals surface area contributed by atoms with Crippen molar-refractivity contribution >= 4 is 23.3 Å². The monoisotopic (exact) mass is 365 g/mol. The maximum atomic E-state index is 13.0. The Kier molecular flexibility index (Phi) is 4.41. The second kappa shape index (κ2) is 6.73. The van der Waals surface area contributed by atoms with Crippen LogP contribution in [0.15, 0.2) is 59.8 Å². The molecule has 0 bridgehead atoms. The predicted molar refractivity (Wildman–Crippen MR) is 102 cm³/mol. The molecule has 0 spiro atoms. The van der Waals surface area contributed by atoms with Crippen LogP contribution in [0.2, 0.25) is 5.02 Å². The molecule has 1 heterocycles. The molecule has 2 aromatic rings. The zero-order valence-electron chi connectivity index (χ0n) is 14.6. The molecule has 26 heavy (non-hydrogen) atoms. The number of carbonyl (C=O) groups is 2. The summed E-state index contributed by atoms with van der Waals surface area (Å²) in [6, 6.07) is 15.8. The topological polar surface area (TPSA) is 46.2 Å². The number of rotatable bonds is 2. The van der Waals surface area contributed by atoms with Crippen LogP contribution in [-0.4, -0.2) is 11.7 Å². The molecule has 3 nitrogen and oxygen atoms in total. The minimum atomic E-state index is -0.251. The minimum absolute atomic E-state index is 0.0500. The highest BCUT2D eigenvalue weighted by Gasteiger charge is 2.38. The van der Waals surface area contributed by atoms with E-state index in [2.05, 4.69) is 29.6 Å². The van der Waals surface area contributed by atoms with Gasteiger partial charge in [0.1, 0.15) is 0 Å². The molecule has 4 heteroatoms. The first-order valence-corrected chi connectivity index (χ1v) is 9.28.